The molecule has 4 nitrogen and oxygen atoms in total. The number of carbonyl (C=O) groups excluding carboxylic acids is 1. The summed E-state index contributed by atoms with van der Waals surface area (Å²) in [6.45, 7) is 0. The van der Waals surface area contributed by atoms with E-state index in [9.17, 15) is 4.79 Å². The van der Waals surface area contributed by atoms with Crippen molar-refractivity contribution in [3.8, 4) is 0 Å². The molecule has 5 heteroatoms. The highest BCUT2D eigenvalue weighted by Crippen LogP contribution is 2.25. The molecule has 100 valence electrons. The molecule has 20 heavy (non-hydrogen) atoms. The lowest BCUT2D eigenvalue weighted by molar-refractivity contribution is 0.0999. The predicted octanol–water partition coefficient (Wildman–Crippen LogP) is 2.91. The van der Waals surface area contributed by atoms with E-state index in [1.807, 2.05) is 18.2 Å². The summed E-state index contributed by atoms with van der Waals surface area (Å²) in [7, 11) is 0. The molecule has 0 aliphatic heterocycles. The molecule has 1 amide bonds. The summed E-state index contributed by atoms with van der Waals surface area (Å²) < 4.78 is 0. The van der Waals surface area contributed by atoms with E-state index in [0.29, 0.717) is 17.0 Å². The predicted molar refractivity (Wildman–Crippen MR) is 78.9 cm³/mol. The van der Waals surface area contributed by atoms with Crippen LogP contribution in [0, 0.1) is 0 Å². The number of hydrogen-bond donors (Lipinski definition) is 2. The van der Waals surface area contributed by atoms with Crippen LogP contribution in [0.3, 0.4) is 0 Å². The number of rotatable bonds is 3. The Labute approximate surface area is 120 Å². The maximum absolute atomic E-state index is 11.4. The molecule has 3 N–H and O–H groups in total. The van der Waals surface area contributed by atoms with E-state index in [1.165, 1.54) is 0 Å². The summed E-state index contributed by atoms with van der Waals surface area (Å²) in [6.07, 6.45) is 5.58. The number of carbonyl (C=O) groups is 1. The third-order valence-corrected chi connectivity index (χ3v) is 3.57. The average molecular weight is 286 g/mol. The van der Waals surface area contributed by atoms with Crippen molar-refractivity contribution in [2.24, 2.45) is 5.73 Å². The molecule has 2 heterocycles. The number of nitrogens with two attached hydrogens (primary N) is 1. The molecule has 3 aromatic rings. The third kappa shape index (κ3) is 2.26. The second-order valence-corrected chi connectivity index (χ2v) is 5.00. The van der Waals surface area contributed by atoms with E-state index < -0.39 is 5.91 Å². The van der Waals surface area contributed by atoms with Gasteiger partial charge in [-0.05, 0) is 35.7 Å². The van der Waals surface area contributed by atoms with Crippen LogP contribution in [0.25, 0.3) is 10.9 Å². The van der Waals surface area contributed by atoms with Crippen molar-refractivity contribution in [3.05, 3.63) is 64.6 Å². The molecule has 0 aliphatic rings. The highest BCUT2D eigenvalue weighted by atomic mass is 35.5. The third-order valence-electron chi connectivity index (χ3n) is 3.26. The summed E-state index contributed by atoms with van der Waals surface area (Å²) in [6, 6.07) is 7.61. The first-order valence-electron chi connectivity index (χ1n) is 6.13. The van der Waals surface area contributed by atoms with Crippen LogP contribution in [-0.4, -0.2) is 15.9 Å². The molecule has 3 rings (SSSR count). The van der Waals surface area contributed by atoms with Crippen molar-refractivity contribution in [1.82, 2.24) is 9.97 Å². The lowest BCUT2D eigenvalue weighted by atomic mass is 10.0. The molecular formula is C15H12ClN3O. The molecule has 0 radical (unpaired) electrons. The second kappa shape index (κ2) is 4.98. The minimum Gasteiger partial charge on any atom is -0.366 e. The monoisotopic (exact) mass is 285 g/mol. The average Bonchev–Trinajstić information content (AvgIpc) is 2.81. The molecule has 1 aromatic carbocycles. The fraction of sp³-hybridized carbons (Fsp3) is 0.0667. The number of H-pyrrole nitrogens is 1. The van der Waals surface area contributed by atoms with Gasteiger partial charge in [0, 0.05) is 35.1 Å². The van der Waals surface area contributed by atoms with Gasteiger partial charge in [0.05, 0.1) is 5.02 Å². The van der Waals surface area contributed by atoms with E-state index in [4.69, 9.17) is 17.3 Å². The van der Waals surface area contributed by atoms with Crippen LogP contribution >= 0.6 is 11.6 Å². The van der Waals surface area contributed by atoms with E-state index in [-0.39, 0.29) is 0 Å². The number of aromatic amines is 1. The van der Waals surface area contributed by atoms with Crippen LogP contribution in [0.1, 0.15) is 21.5 Å². The summed E-state index contributed by atoms with van der Waals surface area (Å²) in [5.41, 5.74) is 8.72. The van der Waals surface area contributed by atoms with Crippen molar-refractivity contribution < 1.29 is 4.79 Å². The van der Waals surface area contributed by atoms with Gasteiger partial charge in [-0.25, -0.2) is 0 Å². The van der Waals surface area contributed by atoms with Crippen LogP contribution in [-0.2, 0) is 6.42 Å². The lowest BCUT2D eigenvalue weighted by Crippen LogP contribution is -2.14. The summed E-state index contributed by atoms with van der Waals surface area (Å²) in [5, 5.41) is 1.65. The number of nitrogens with zero attached hydrogens (tertiary/aromatic N) is 1. The Bertz CT molecular complexity index is 795. The second-order valence-electron chi connectivity index (χ2n) is 4.59. The summed E-state index contributed by atoms with van der Waals surface area (Å²) >= 11 is 6.11. The number of benzene rings is 1. The first-order chi connectivity index (χ1) is 9.65. The molecule has 0 fully saturated rings. The zero-order valence-electron chi connectivity index (χ0n) is 10.6. The Balaban J connectivity index is 2.01. The molecule has 0 atom stereocenters. The van der Waals surface area contributed by atoms with Gasteiger partial charge in [-0.1, -0.05) is 17.7 Å². The number of hydrogen-bond acceptors (Lipinski definition) is 2. The van der Waals surface area contributed by atoms with Crippen molar-refractivity contribution in [2.75, 3.05) is 0 Å². The zero-order valence-corrected chi connectivity index (χ0v) is 11.3. The van der Waals surface area contributed by atoms with Gasteiger partial charge in [0.1, 0.15) is 0 Å². The number of primary amides is 1. The first-order valence-corrected chi connectivity index (χ1v) is 6.51. The number of aromatic nitrogens is 2. The molecule has 0 saturated carbocycles. The molecule has 0 saturated heterocycles. The van der Waals surface area contributed by atoms with E-state index in [1.54, 1.807) is 24.7 Å². The zero-order chi connectivity index (χ0) is 14.1. The van der Waals surface area contributed by atoms with E-state index in [0.717, 1.165) is 22.0 Å². The molecule has 2 aromatic heterocycles. The number of fused-ring (bicyclic) bond motifs is 1. The van der Waals surface area contributed by atoms with Gasteiger partial charge >= 0.3 is 0 Å². The fourth-order valence-electron chi connectivity index (χ4n) is 2.27. The number of amides is 1. The standard InChI is InChI=1S/C15H12ClN3O/c16-13-8-19-14-2-1-9(6-12(13)14)5-10-7-18-4-3-11(10)15(17)20/h1-4,6-8,19H,5H2,(H2,17,20). The highest BCUT2D eigenvalue weighted by molar-refractivity contribution is 6.35. The summed E-state index contributed by atoms with van der Waals surface area (Å²) in [4.78, 5) is 18.5. The summed E-state index contributed by atoms with van der Waals surface area (Å²) in [5.74, 6) is -0.442. The first kappa shape index (κ1) is 12.7. The van der Waals surface area contributed by atoms with E-state index >= 15 is 0 Å². The van der Waals surface area contributed by atoms with Gasteiger partial charge in [0.25, 0.3) is 0 Å². The smallest absolute Gasteiger partial charge is 0.249 e. The quantitative estimate of drug-likeness (QED) is 0.776. The topological polar surface area (TPSA) is 71.8 Å². The van der Waals surface area contributed by atoms with Crippen molar-refractivity contribution in [1.29, 1.82) is 0 Å². The number of halogens is 1. The fourth-order valence-corrected chi connectivity index (χ4v) is 2.48. The van der Waals surface area contributed by atoms with Gasteiger partial charge in [-0.2, -0.15) is 0 Å². The Morgan fingerprint density at radius 2 is 2.20 bits per heavy atom. The maximum atomic E-state index is 11.4. The van der Waals surface area contributed by atoms with Crippen LogP contribution < -0.4 is 5.73 Å². The van der Waals surface area contributed by atoms with Crippen LogP contribution in [0.15, 0.2) is 42.9 Å². The maximum Gasteiger partial charge on any atom is 0.249 e. The highest BCUT2D eigenvalue weighted by Gasteiger charge is 2.09. The van der Waals surface area contributed by atoms with Crippen LogP contribution in [0.2, 0.25) is 5.02 Å². The van der Waals surface area contributed by atoms with Crippen molar-refractivity contribution >= 4 is 28.4 Å². The largest absolute Gasteiger partial charge is 0.366 e. The SMILES string of the molecule is NC(=O)c1ccncc1Cc1ccc2[nH]cc(Cl)c2c1. The molecule has 0 aliphatic carbocycles. The normalized spacial score (nSPS) is 10.8. The number of pyridine rings is 1. The molecule has 0 spiro atoms. The Kier molecular flexibility index (Phi) is 3.16. The molecule has 0 unspecified atom stereocenters. The lowest BCUT2D eigenvalue weighted by Gasteiger charge is -2.06. The van der Waals surface area contributed by atoms with Crippen LogP contribution in [0.4, 0.5) is 0 Å². The molecular weight excluding hydrogens is 274 g/mol. The Hall–Kier alpha value is -2.33. The minimum atomic E-state index is -0.442. The minimum absolute atomic E-state index is 0.442. The Morgan fingerprint density at radius 3 is 3.00 bits per heavy atom. The van der Waals surface area contributed by atoms with Crippen LogP contribution in [0.5, 0.6) is 0 Å². The molecule has 0 bridgehead atoms. The van der Waals surface area contributed by atoms with Gasteiger partial charge < -0.3 is 10.7 Å². The van der Waals surface area contributed by atoms with Crippen molar-refractivity contribution in [3.63, 3.8) is 0 Å². The van der Waals surface area contributed by atoms with Gasteiger partial charge in [-0.3, -0.25) is 9.78 Å². The Morgan fingerprint density at radius 1 is 1.35 bits per heavy atom. The van der Waals surface area contributed by atoms with E-state index in [2.05, 4.69) is 9.97 Å². The number of nitrogens with one attached hydrogen (secondary N) is 1. The van der Waals surface area contributed by atoms with Gasteiger partial charge in [0.2, 0.25) is 5.91 Å². The van der Waals surface area contributed by atoms with Gasteiger partial charge in [-0.15, -0.1) is 0 Å². The van der Waals surface area contributed by atoms with Gasteiger partial charge in [0.15, 0.2) is 0 Å². The van der Waals surface area contributed by atoms with Crippen molar-refractivity contribution in [2.45, 2.75) is 6.42 Å².